The molecule has 0 aliphatic carbocycles. The minimum atomic E-state index is -1.47. The van der Waals surface area contributed by atoms with Crippen molar-refractivity contribution in [3.8, 4) is 0 Å². The second kappa shape index (κ2) is 26.9. The highest BCUT2D eigenvalue weighted by Crippen LogP contribution is 2.39. The number of carbonyl (C=O) groups excluding carboxylic acids is 6. The number of β-amino-alcohol motifs (C(OH)–C–C–N with tert-alkyl or cyclic N) is 1. The summed E-state index contributed by atoms with van der Waals surface area (Å²) in [4.78, 5) is 81.2. The van der Waals surface area contributed by atoms with E-state index in [1.807, 2.05) is 30.3 Å². The number of benzene rings is 1. The second-order valence-corrected chi connectivity index (χ2v) is 19.1. The first-order chi connectivity index (χ1) is 32.6. The number of aliphatic hydroxyl groups excluding tert-OH is 2. The zero-order chi connectivity index (χ0) is 51.2. The number of aliphatic hydroxyl groups is 2. The maximum absolute atomic E-state index is 13.8. The molecule has 69 heavy (non-hydrogen) atoms. The third-order valence-electron chi connectivity index (χ3n) is 13.3. The number of aryl methyl sites for hydroxylation is 1. The molecule has 3 fully saturated rings. The van der Waals surface area contributed by atoms with Gasteiger partial charge in [-0.15, -0.1) is 0 Å². The van der Waals surface area contributed by atoms with E-state index in [0.29, 0.717) is 12.7 Å². The number of likely N-dealkylation sites (N-methyl/N-ethyl adjacent to an activating group) is 1. The lowest BCUT2D eigenvalue weighted by molar-refractivity contribution is -0.344. The SMILES string of the molecule is CCC(=O)OC1C(C)OC(OC2C(C)OC(O[C@@H]3C(OC)[C@H](OC(=O)CC)CC(=O)O[C@H](C)CCN(C(=O)CCc4ccccc4)C[C@H](O)[C@H](C)C[C@@H]3CC=O)C(O)C2N(C)C)CC1(C)OC(C)=O. The van der Waals surface area contributed by atoms with Crippen molar-refractivity contribution in [1.82, 2.24) is 9.80 Å². The van der Waals surface area contributed by atoms with Gasteiger partial charge in [0.25, 0.3) is 0 Å². The fraction of sp³-hybridized carbons (Fsp3) is 0.760. The fourth-order valence-corrected chi connectivity index (χ4v) is 9.66. The summed E-state index contributed by atoms with van der Waals surface area (Å²) in [5.41, 5.74) is -0.356. The van der Waals surface area contributed by atoms with Crippen LogP contribution < -0.4 is 0 Å². The van der Waals surface area contributed by atoms with E-state index in [0.717, 1.165) is 5.56 Å². The number of amides is 1. The molecule has 19 heteroatoms. The molecule has 3 saturated heterocycles. The average Bonchev–Trinajstić information content (AvgIpc) is 3.28. The molecule has 0 saturated carbocycles. The van der Waals surface area contributed by atoms with Crippen LogP contribution in [0.25, 0.3) is 0 Å². The van der Waals surface area contributed by atoms with Crippen LogP contribution in [0.4, 0.5) is 0 Å². The molecule has 1 amide bonds. The Labute approximate surface area is 407 Å². The van der Waals surface area contributed by atoms with Crippen molar-refractivity contribution >= 4 is 36.1 Å². The lowest BCUT2D eigenvalue weighted by Gasteiger charge is -2.50. The number of hydrogen-bond acceptors (Lipinski definition) is 18. The van der Waals surface area contributed by atoms with E-state index in [1.165, 1.54) is 14.0 Å². The minimum absolute atomic E-state index is 0.0360. The van der Waals surface area contributed by atoms with E-state index in [2.05, 4.69) is 0 Å². The van der Waals surface area contributed by atoms with Crippen LogP contribution in [-0.2, 0) is 77.8 Å². The Morgan fingerprint density at radius 2 is 1.59 bits per heavy atom. The molecule has 0 spiro atoms. The van der Waals surface area contributed by atoms with Gasteiger partial charge in [-0.2, -0.15) is 0 Å². The highest BCUT2D eigenvalue weighted by atomic mass is 16.7. The molecule has 2 N–H and O–H groups in total. The van der Waals surface area contributed by atoms with Crippen LogP contribution in [0.2, 0.25) is 0 Å². The Morgan fingerprint density at radius 3 is 2.20 bits per heavy atom. The maximum atomic E-state index is 13.8. The number of methoxy groups -OCH3 is 1. The third kappa shape index (κ3) is 16.2. The molecular weight excluding hydrogens is 901 g/mol. The number of carbonyl (C=O) groups is 6. The molecule has 0 bridgehead atoms. The van der Waals surface area contributed by atoms with Crippen LogP contribution in [0.15, 0.2) is 30.3 Å². The van der Waals surface area contributed by atoms with Crippen LogP contribution in [-0.4, -0.2) is 176 Å². The van der Waals surface area contributed by atoms with Gasteiger partial charge in [0.1, 0.15) is 36.8 Å². The zero-order valence-corrected chi connectivity index (χ0v) is 42.3. The second-order valence-electron chi connectivity index (χ2n) is 19.1. The Balaban J connectivity index is 1.69. The summed E-state index contributed by atoms with van der Waals surface area (Å²) in [7, 11) is 4.81. The van der Waals surface area contributed by atoms with Crippen LogP contribution in [0.3, 0.4) is 0 Å². The minimum Gasteiger partial charge on any atom is -0.462 e. The standard InChI is InChI=1S/C50H78N2O17/c1-12-39(57)65-37-26-41(59)62-30(4)21-23-52(38(56)20-19-34-17-15-14-16-18-34)28-36(55)29(3)25-35(22-24-53)46(47(37)61-11)68-49-44(60)43(51(9)10)45(31(5)64-49)67-42-27-50(8,69-33(7)54)48(32(6)63-42)66-40(58)13-2/h14-18,24,29-32,35-37,42-49,55,60H,12-13,19-23,25-28H2,1-11H3/t29-,30-,31?,32?,35+,36+,37-,42?,43?,44?,45?,46+,47?,48?,49?,50?/m1/s1. The van der Waals surface area contributed by atoms with E-state index in [1.54, 1.807) is 72.4 Å². The molecule has 0 radical (unpaired) electrons. The lowest BCUT2D eigenvalue weighted by atomic mass is 9.82. The first-order valence-electron chi connectivity index (χ1n) is 24.3. The molecule has 10 unspecified atom stereocenters. The summed E-state index contributed by atoms with van der Waals surface area (Å²) in [6.07, 6.45) is -11.8. The molecule has 19 nitrogen and oxygen atoms in total. The summed E-state index contributed by atoms with van der Waals surface area (Å²) in [5, 5.41) is 24.1. The predicted molar refractivity (Wildman–Crippen MR) is 248 cm³/mol. The maximum Gasteiger partial charge on any atom is 0.309 e. The number of rotatable bonds is 16. The van der Waals surface area contributed by atoms with E-state index < -0.39 is 127 Å². The first kappa shape index (κ1) is 57.5. The van der Waals surface area contributed by atoms with E-state index in [-0.39, 0.29) is 63.9 Å². The van der Waals surface area contributed by atoms with Crippen molar-refractivity contribution < 1.29 is 81.6 Å². The van der Waals surface area contributed by atoms with Gasteiger partial charge >= 0.3 is 23.9 Å². The normalized spacial score (nSPS) is 35.2. The summed E-state index contributed by atoms with van der Waals surface area (Å²) in [6.45, 7) is 13.2. The van der Waals surface area contributed by atoms with Gasteiger partial charge in [-0.05, 0) is 72.0 Å². The highest BCUT2D eigenvalue weighted by molar-refractivity contribution is 5.76. The van der Waals surface area contributed by atoms with Gasteiger partial charge in [-0.1, -0.05) is 51.1 Å². The smallest absolute Gasteiger partial charge is 0.309 e. The van der Waals surface area contributed by atoms with Crippen molar-refractivity contribution in [2.75, 3.05) is 34.3 Å². The van der Waals surface area contributed by atoms with E-state index in [4.69, 9.17) is 42.6 Å². The Kier molecular flexibility index (Phi) is 22.4. The predicted octanol–water partition coefficient (Wildman–Crippen LogP) is 3.69. The van der Waals surface area contributed by atoms with Crippen molar-refractivity contribution in [2.24, 2.45) is 11.8 Å². The van der Waals surface area contributed by atoms with Crippen LogP contribution in [0.5, 0.6) is 0 Å². The molecule has 390 valence electrons. The molecular formula is C50H78N2O17. The number of nitrogens with zero attached hydrogens (tertiary/aromatic N) is 2. The van der Waals surface area contributed by atoms with Crippen molar-refractivity contribution in [3.05, 3.63) is 35.9 Å². The van der Waals surface area contributed by atoms with Gasteiger partial charge in [0.15, 0.2) is 24.3 Å². The average molecular weight is 979 g/mol. The van der Waals surface area contributed by atoms with E-state index in [9.17, 15) is 39.0 Å². The molecule has 1 aromatic carbocycles. The quantitative estimate of drug-likeness (QED) is 0.137. The van der Waals surface area contributed by atoms with Gasteiger partial charge in [-0.3, -0.25) is 24.0 Å². The molecule has 16 atom stereocenters. The van der Waals surface area contributed by atoms with Crippen molar-refractivity contribution in [1.29, 1.82) is 0 Å². The lowest BCUT2D eigenvalue weighted by Crippen LogP contribution is -2.66. The summed E-state index contributed by atoms with van der Waals surface area (Å²) >= 11 is 0. The largest absolute Gasteiger partial charge is 0.462 e. The molecule has 3 aliphatic rings. The number of cyclic esters (lactones) is 1. The Hall–Kier alpha value is -4.08. The van der Waals surface area contributed by atoms with Crippen LogP contribution >= 0.6 is 0 Å². The van der Waals surface area contributed by atoms with Crippen LogP contribution in [0.1, 0.15) is 112 Å². The van der Waals surface area contributed by atoms with Crippen LogP contribution in [0, 0.1) is 11.8 Å². The molecule has 3 aliphatic heterocycles. The summed E-state index contributed by atoms with van der Waals surface area (Å²) in [6, 6.07) is 8.72. The highest BCUT2D eigenvalue weighted by Gasteiger charge is 2.54. The summed E-state index contributed by atoms with van der Waals surface area (Å²) < 4.78 is 55.3. The number of ether oxygens (including phenoxy) is 9. The zero-order valence-electron chi connectivity index (χ0n) is 42.3. The van der Waals surface area contributed by atoms with Gasteiger partial charge in [-0.25, -0.2) is 0 Å². The van der Waals surface area contributed by atoms with E-state index >= 15 is 0 Å². The Bertz CT molecular complexity index is 1820. The molecule has 0 aromatic heterocycles. The van der Waals surface area contributed by atoms with Crippen molar-refractivity contribution in [3.63, 3.8) is 0 Å². The van der Waals surface area contributed by atoms with Gasteiger partial charge in [0, 0.05) is 65.6 Å². The fourth-order valence-electron chi connectivity index (χ4n) is 9.66. The van der Waals surface area contributed by atoms with Gasteiger partial charge < -0.3 is 67.4 Å². The summed E-state index contributed by atoms with van der Waals surface area (Å²) in [5.74, 6) is -4.00. The third-order valence-corrected chi connectivity index (χ3v) is 13.3. The van der Waals surface area contributed by atoms with Crippen molar-refractivity contribution in [2.45, 2.75) is 198 Å². The Morgan fingerprint density at radius 1 is 0.928 bits per heavy atom. The molecule has 1 aromatic rings. The molecule has 3 heterocycles. The topological polar surface area (TPSA) is 232 Å². The number of aldehydes is 1. The number of hydrogen-bond donors (Lipinski definition) is 2. The molecule has 4 rings (SSSR count). The number of esters is 4. The first-order valence-corrected chi connectivity index (χ1v) is 24.3. The van der Waals surface area contributed by atoms with Gasteiger partial charge in [0.05, 0.1) is 36.9 Å². The van der Waals surface area contributed by atoms with Gasteiger partial charge in [0.2, 0.25) is 5.91 Å². The monoisotopic (exact) mass is 979 g/mol.